The van der Waals surface area contributed by atoms with Crippen LogP contribution in [0.5, 0.6) is 5.75 Å². The molecule has 1 aromatic carbocycles. The van der Waals surface area contributed by atoms with Crippen LogP contribution < -0.4 is 9.64 Å². The fourth-order valence-corrected chi connectivity index (χ4v) is 2.65. The maximum atomic E-state index is 12.8. The smallest absolute Gasteiger partial charge is 0.297 e. The molecule has 1 saturated carbocycles. The number of rotatable bonds is 5. The molecule has 0 radical (unpaired) electrons. The molecule has 22 heavy (non-hydrogen) atoms. The minimum atomic E-state index is -0.148. The highest BCUT2D eigenvalue weighted by molar-refractivity contribution is 6.04. The van der Waals surface area contributed by atoms with E-state index in [1.807, 2.05) is 31.2 Å². The zero-order valence-electron chi connectivity index (χ0n) is 13.1. The standard InChI is InChI=1S/C17H20N2O3/c1-11-10-16(22-18-11)17(20)19(12(2)13-4-5-13)14-6-8-15(21-3)9-7-14/h6-10,12-13H,4-5H2,1-3H3/t12-/m1/s1. The van der Waals surface area contributed by atoms with Gasteiger partial charge in [-0.2, -0.15) is 0 Å². The van der Waals surface area contributed by atoms with Gasteiger partial charge in [0.2, 0.25) is 5.76 Å². The molecule has 5 heteroatoms. The second-order valence-electron chi connectivity index (χ2n) is 5.78. The molecule has 0 saturated heterocycles. The van der Waals surface area contributed by atoms with Crippen LogP contribution in [0.1, 0.15) is 36.0 Å². The van der Waals surface area contributed by atoms with Gasteiger partial charge in [-0.05, 0) is 56.9 Å². The van der Waals surface area contributed by atoms with E-state index >= 15 is 0 Å². The van der Waals surface area contributed by atoms with Crippen LogP contribution in [0.3, 0.4) is 0 Å². The van der Waals surface area contributed by atoms with Gasteiger partial charge in [0.1, 0.15) is 5.75 Å². The lowest BCUT2D eigenvalue weighted by atomic mass is 10.1. The Hall–Kier alpha value is -2.30. The van der Waals surface area contributed by atoms with Crippen LogP contribution in [-0.2, 0) is 0 Å². The van der Waals surface area contributed by atoms with Crippen LogP contribution in [0, 0.1) is 12.8 Å². The molecular weight excluding hydrogens is 280 g/mol. The number of carbonyl (C=O) groups is 1. The van der Waals surface area contributed by atoms with Crippen molar-refractivity contribution in [2.75, 3.05) is 12.0 Å². The number of nitrogens with zero attached hydrogens (tertiary/aromatic N) is 2. The van der Waals surface area contributed by atoms with Gasteiger partial charge < -0.3 is 14.2 Å². The van der Waals surface area contributed by atoms with E-state index in [4.69, 9.17) is 9.26 Å². The molecule has 1 atom stereocenters. The van der Waals surface area contributed by atoms with E-state index in [-0.39, 0.29) is 17.7 Å². The number of amides is 1. The average Bonchev–Trinajstić information content (AvgIpc) is 3.29. The van der Waals surface area contributed by atoms with Crippen molar-refractivity contribution in [2.24, 2.45) is 5.92 Å². The summed E-state index contributed by atoms with van der Waals surface area (Å²) in [5.41, 5.74) is 1.55. The molecule has 5 nitrogen and oxygen atoms in total. The molecule has 1 aliphatic carbocycles. The molecular formula is C17H20N2O3. The minimum Gasteiger partial charge on any atom is -0.497 e. The molecule has 1 aromatic heterocycles. The molecule has 0 unspecified atom stereocenters. The molecule has 1 heterocycles. The summed E-state index contributed by atoms with van der Waals surface area (Å²) in [7, 11) is 1.63. The van der Waals surface area contributed by atoms with Crippen LogP contribution in [0.25, 0.3) is 0 Å². The van der Waals surface area contributed by atoms with E-state index in [1.165, 1.54) is 0 Å². The summed E-state index contributed by atoms with van der Waals surface area (Å²) in [5, 5.41) is 3.82. The fraction of sp³-hybridized carbons (Fsp3) is 0.412. The first kappa shape index (κ1) is 14.6. The largest absolute Gasteiger partial charge is 0.497 e. The van der Waals surface area contributed by atoms with Crippen molar-refractivity contribution >= 4 is 11.6 Å². The number of aryl methyl sites for hydroxylation is 1. The average molecular weight is 300 g/mol. The SMILES string of the molecule is COc1ccc(N(C(=O)c2cc(C)no2)[C@H](C)C2CC2)cc1. The summed E-state index contributed by atoms with van der Waals surface area (Å²) in [5.74, 6) is 1.45. The van der Waals surface area contributed by atoms with E-state index in [9.17, 15) is 4.79 Å². The van der Waals surface area contributed by atoms with Crippen molar-refractivity contribution < 1.29 is 14.1 Å². The molecule has 0 bridgehead atoms. The maximum Gasteiger partial charge on any atom is 0.297 e. The zero-order valence-corrected chi connectivity index (χ0v) is 13.1. The fourth-order valence-electron chi connectivity index (χ4n) is 2.65. The van der Waals surface area contributed by atoms with Crippen molar-refractivity contribution in [2.45, 2.75) is 32.7 Å². The first-order valence-electron chi connectivity index (χ1n) is 7.51. The Balaban J connectivity index is 1.93. The predicted molar refractivity (Wildman–Crippen MR) is 83.2 cm³/mol. The van der Waals surface area contributed by atoms with Crippen molar-refractivity contribution in [1.82, 2.24) is 5.16 Å². The van der Waals surface area contributed by atoms with E-state index in [2.05, 4.69) is 12.1 Å². The Kier molecular flexibility index (Phi) is 3.88. The van der Waals surface area contributed by atoms with Crippen LogP contribution in [0.2, 0.25) is 0 Å². The summed E-state index contributed by atoms with van der Waals surface area (Å²) in [6.45, 7) is 3.89. The Bertz CT molecular complexity index is 659. The summed E-state index contributed by atoms with van der Waals surface area (Å²) >= 11 is 0. The maximum absolute atomic E-state index is 12.8. The lowest BCUT2D eigenvalue weighted by Crippen LogP contribution is -2.40. The second-order valence-corrected chi connectivity index (χ2v) is 5.78. The van der Waals surface area contributed by atoms with Gasteiger partial charge in [-0.15, -0.1) is 0 Å². The molecule has 116 valence electrons. The summed E-state index contributed by atoms with van der Waals surface area (Å²) < 4.78 is 10.3. The first-order valence-corrected chi connectivity index (χ1v) is 7.51. The number of anilines is 1. The number of benzene rings is 1. The van der Waals surface area contributed by atoms with Gasteiger partial charge in [-0.25, -0.2) is 0 Å². The molecule has 0 N–H and O–H groups in total. The second kappa shape index (κ2) is 5.83. The lowest BCUT2D eigenvalue weighted by Gasteiger charge is -2.28. The van der Waals surface area contributed by atoms with Crippen LogP contribution in [0.15, 0.2) is 34.9 Å². The normalized spacial score (nSPS) is 15.4. The summed E-state index contributed by atoms with van der Waals surface area (Å²) in [6.07, 6.45) is 2.33. The van der Waals surface area contributed by atoms with Gasteiger partial charge in [0.15, 0.2) is 0 Å². The summed E-state index contributed by atoms with van der Waals surface area (Å²) in [6, 6.07) is 9.34. The Morgan fingerprint density at radius 2 is 2.05 bits per heavy atom. The number of ether oxygens (including phenoxy) is 1. The third kappa shape index (κ3) is 2.84. The van der Waals surface area contributed by atoms with E-state index in [0.29, 0.717) is 11.6 Å². The first-order chi connectivity index (χ1) is 10.6. The van der Waals surface area contributed by atoms with Crippen molar-refractivity contribution in [3.63, 3.8) is 0 Å². The molecule has 2 aromatic rings. The van der Waals surface area contributed by atoms with Gasteiger partial charge in [-0.3, -0.25) is 4.79 Å². The number of carbonyl (C=O) groups excluding carboxylic acids is 1. The van der Waals surface area contributed by atoms with Gasteiger partial charge in [0, 0.05) is 17.8 Å². The lowest BCUT2D eigenvalue weighted by molar-refractivity contribution is 0.0939. The Labute approximate surface area is 129 Å². The highest BCUT2D eigenvalue weighted by atomic mass is 16.5. The van der Waals surface area contributed by atoms with Gasteiger partial charge in [0.25, 0.3) is 5.91 Å². The molecule has 3 rings (SSSR count). The van der Waals surface area contributed by atoms with E-state index in [0.717, 1.165) is 24.3 Å². The minimum absolute atomic E-state index is 0.131. The number of aromatic nitrogens is 1. The highest BCUT2D eigenvalue weighted by Gasteiger charge is 2.36. The number of hydrogen-bond acceptors (Lipinski definition) is 4. The van der Waals surface area contributed by atoms with Crippen LogP contribution in [-0.4, -0.2) is 24.2 Å². The van der Waals surface area contributed by atoms with Crippen LogP contribution in [0.4, 0.5) is 5.69 Å². The monoisotopic (exact) mass is 300 g/mol. The molecule has 1 aliphatic rings. The zero-order chi connectivity index (χ0) is 15.7. The molecule has 1 amide bonds. The molecule has 1 fully saturated rings. The number of methoxy groups -OCH3 is 1. The topological polar surface area (TPSA) is 55.6 Å². The third-order valence-electron chi connectivity index (χ3n) is 4.12. The third-order valence-corrected chi connectivity index (χ3v) is 4.12. The Morgan fingerprint density at radius 1 is 1.36 bits per heavy atom. The van der Waals surface area contributed by atoms with Gasteiger partial charge >= 0.3 is 0 Å². The van der Waals surface area contributed by atoms with E-state index < -0.39 is 0 Å². The van der Waals surface area contributed by atoms with Gasteiger partial charge in [-0.1, -0.05) is 5.16 Å². The quantitative estimate of drug-likeness (QED) is 0.849. The van der Waals surface area contributed by atoms with Crippen molar-refractivity contribution in [3.05, 3.63) is 41.8 Å². The molecule has 0 aliphatic heterocycles. The van der Waals surface area contributed by atoms with E-state index in [1.54, 1.807) is 18.1 Å². The van der Waals surface area contributed by atoms with Gasteiger partial charge in [0.05, 0.1) is 12.8 Å². The molecule has 0 spiro atoms. The summed E-state index contributed by atoms with van der Waals surface area (Å²) in [4.78, 5) is 14.7. The van der Waals surface area contributed by atoms with Crippen LogP contribution >= 0.6 is 0 Å². The Morgan fingerprint density at radius 3 is 2.55 bits per heavy atom. The number of hydrogen-bond donors (Lipinski definition) is 0. The highest BCUT2D eigenvalue weighted by Crippen LogP contribution is 2.37. The van der Waals surface area contributed by atoms with Crippen molar-refractivity contribution in [1.29, 1.82) is 0 Å². The van der Waals surface area contributed by atoms with Crippen molar-refractivity contribution in [3.8, 4) is 5.75 Å². The predicted octanol–water partition coefficient (Wildman–Crippen LogP) is 3.44.